The average molecular weight is 469 g/mol. The van der Waals surface area contributed by atoms with Gasteiger partial charge in [0.15, 0.2) is 0 Å². The van der Waals surface area contributed by atoms with Crippen LogP contribution in [0.1, 0.15) is 53.8 Å². The summed E-state index contributed by atoms with van der Waals surface area (Å²) in [5, 5.41) is 4.03. The maximum Gasteiger partial charge on any atom is 0.341 e. The Balaban J connectivity index is 1.51. The first-order valence-corrected chi connectivity index (χ1v) is 12.0. The SMILES string of the molecule is CCOC(=O)c1c(NC(=O)CN(Cc2nc3ccccc3c(=O)[nH]2)C(C)C)sc2c1CCC2. The Bertz CT molecular complexity index is 1250. The van der Waals surface area contributed by atoms with Gasteiger partial charge in [-0.25, -0.2) is 9.78 Å². The minimum Gasteiger partial charge on any atom is -0.462 e. The van der Waals surface area contributed by atoms with Gasteiger partial charge in [-0.2, -0.15) is 0 Å². The summed E-state index contributed by atoms with van der Waals surface area (Å²) in [4.78, 5) is 48.4. The largest absolute Gasteiger partial charge is 0.462 e. The normalized spacial score (nSPS) is 13.0. The van der Waals surface area contributed by atoms with E-state index < -0.39 is 0 Å². The van der Waals surface area contributed by atoms with Gasteiger partial charge in [-0.15, -0.1) is 11.3 Å². The molecule has 2 aromatic heterocycles. The van der Waals surface area contributed by atoms with Gasteiger partial charge in [-0.3, -0.25) is 14.5 Å². The number of carbonyl (C=O) groups is 2. The molecule has 3 aromatic rings. The van der Waals surface area contributed by atoms with Crippen LogP contribution in [0.25, 0.3) is 10.9 Å². The number of rotatable bonds is 8. The highest BCUT2D eigenvalue weighted by Gasteiger charge is 2.28. The number of aromatic nitrogens is 2. The van der Waals surface area contributed by atoms with Gasteiger partial charge in [0, 0.05) is 10.9 Å². The lowest BCUT2D eigenvalue weighted by atomic mass is 10.1. The highest BCUT2D eigenvalue weighted by molar-refractivity contribution is 7.17. The second kappa shape index (κ2) is 9.84. The number of ether oxygens (including phenoxy) is 1. The summed E-state index contributed by atoms with van der Waals surface area (Å²) in [7, 11) is 0. The number of hydrogen-bond acceptors (Lipinski definition) is 7. The van der Waals surface area contributed by atoms with Crippen LogP contribution in [0.2, 0.25) is 0 Å². The number of aromatic amines is 1. The molecule has 0 fully saturated rings. The van der Waals surface area contributed by atoms with Crippen molar-refractivity contribution in [1.82, 2.24) is 14.9 Å². The zero-order valence-electron chi connectivity index (χ0n) is 19.1. The van der Waals surface area contributed by atoms with Crippen LogP contribution in [0.4, 0.5) is 5.00 Å². The van der Waals surface area contributed by atoms with E-state index in [1.54, 1.807) is 25.1 Å². The Kier molecular flexibility index (Phi) is 6.90. The number of anilines is 1. The van der Waals surface area contributed by atoms with E-state index in [4.69, 9.17) is 4.74 Å². The van der Waals surface area contributed by atoms with Crippen LogP contribution in [-0.2, 0) is 28.9 Å². The number of hydrogen-bond donors (Lipinski definition) is 2. The van der Waals surface area contributed by atoms with Gasteiger partial charge in [0.25, 0.3) is 5.56 Å². The van der Waals surface area contributed by atoms with Crippen molar-refractivity contribution in [2.45, 2.75) is 52.6 Å². The monoisotopic (exact) mass is 468 g/mol. The summed E-state index contributed by atoms with van der Waals surface area (Å²) >= 11 is 1.46. The minimum absolute atomic E-state index is 0.0328. The molecule has 33 heavy (non-hydrogen) atoms. The van der Waals surface area contributed by atoms with E-state index in [0.717, 1.165) is 29.7 Å². The van der Waals surface area contributed by atoms with E-state index in [9.17, 15) is 14.4 Å². The zero-order valence-corrected chi connectivity index (χ0v) is 19.9. The van der Waals surface area contributed by atoms with Crippen molar-refractivity contribution in [1.29, 1.82) is 0 Å². The summed E-state index contributed by atoms with van der Waals surface area (Å²) in [5.74, 6) is -0.106. The fourth-order valence-corrected chi connectivity index (χ4v) is 5.38. The van der Waals surface area contributed by atoms with Crippen molar-refractivity contribution in [2.75, 3.05) is 18.5 Å². The third-order valence-corrected chi connectivity index (χ3v) is 6.95. The molecule has 0 radical (unpaired) electrons. The second-order valence-electron chi connectivity index (χ2n) is 8.36. The van der Waals surface area contributed by atoms with Crippen LogP contribution < -0.4 is 10.9 Å². The summed E-state index contributed by atoms with van der Waals surface area (Å²) in [6, 6.07) is 7.21. The Morgan fingerprint density at radius 2 is 2.06 bits per heavy atom. The Labute approximate surface area is 196 Å². The van der Waals surface area contributed by atoms with Crippen LogP contribution in [0.5, 0.6) is 0 Å². The number of aryl methyl sites for hydroxylation is 1. The molecule has 1 amide bonds. The molecule has 1 aliphatic carbocycles. The molecule has 4 rings (SSSR count). The molecule has 1 aromatic carbocycles. The molecule has 174 valence electrons. The number of fused-ring (bicyclic) bond motifs is 2. The lowest BCUT2D eigenvalue weighted by molar-refractivity contribution is -0.117. The Morgan fingerprint density at radius 1 is 1.27 bits per heavy atom. The van der Waals surface area contributed by atoms with E-state index >= 15 is 0 Å². The molecular formula is C24H28N4O4S. The molecule has 0 bridgehead atoms. The summed E-state index contributed by atoms with van der Waals surface area (Å²) in [5.41, 5.74) is 1.93. The predicted molar refractivity (Wildman–Crippen MR) is 129 cm³/mol. The van der Waals surface area contributed by atoms with Crippen molar-refractivity contribution < 1.29 is 14.3 Å². The number of amides is 1. The second-order valence-corrected chi connectivity index (χ2v) is 9.46. The molecule has 0 spiro atoms. The van der Waals surface area contributed by atoms with Gasteiger partial charge in [0.1, 0.15) is 10.8 Å². The molecule has 8 nitrogen and oxygen atoms in total. The van der Waals surface area contributed by atoms with Gasteiger partial charge >= 0.3 is 5.97 Å². The number of thiophene rings is 1. The van der Waals surface area contributed by atoms with E-state index in [-0.39, 0.29) is 36.6 Å². The third kappa shape index (κ3) is 4.99. The van der Waals surface area contributed by atoms with E-state index in [2.05, 4.69) is 15.3 Å². The van der Waals surface area contributed by atoms with E-state index in [0.29, 0.717) is 33.8 Å². The average Bonchev–Trinajstić information content (AvgIpc) is 3.34. The van der Waals surface area contributed by atoms with Gasteiger partial charge in [-0.1, -0.05) is 12.1 Å². The third-order valence-electron chi connectivity index (χ3n) is 5.75. The summed E-state index contributed by atoms with van der Waals surface area (Å²) < 4.78 is 5.24. The van der Waals surface area contributed by atoms with E-state index in [1.165, 1.54) is 11.3 Å². The maximum atomic E-state index is 13.0. The number of nitrogens with one attached hydrogen (secondary N) is 2. The van der Waals surface area contributed by atoms with Gasteiger partial charge < -0.3 is 15.0 Å². The number of para-hydroxylation sites is 1. The van der Waals surface area contributed by atoms with Crippen molar-refractivity contribution in [3.8, 4) is 0 Å². The molecule has 1 aliphatic rings. The number of H-pyrrole nitrogens is 1. The Hall–Kier alpha value is -3.04. The Morgan fingerprint density at radius 3 is 2.82 bits per heavy atom. The van der Waals surface area contributed by atoms with Crippen LogP contribution in [0.15, 0.2) is 29.1 Å². The molecule has 0 saturated carbocycles. The molecule has 0 atom stereocenters. The predicted octanol–water partition coefficient (Wildman–Crippen LogP) is 3.50. The number of benzene rings is 1. The lowest BCUT2D eigenvalue weighted by Gasteiger charge is -2.25. The topological polar surface area (TPSA) is 104 Å². The molecular weight excluding hydrogens is 440 g/mol. The number of nitrogens with zero attached hydrogens (tertiary/aromatic N) is 2. The van der Waals surface area contributed by atoms with Gasteiger partial charge in [-0.05, 0) is 57.7 Å². The number of carbonyl (C=O) groups excluding carboxylic acids is 2. The van der Waals surface area contributed by atoms with E-state index in [1.807, 2.05) is 24.8 Å². The van der Waals surface area contributed by atoms with Gasteiger partial charge in [0.2, 0.25) is 5.91 Å². The highest BCUT2D eigenvalue weighted by Crippen LogP contribution is 2.39. The maximum absolute atomic E-state index is 13.0. The van der Waals surface area contributed by atoms with Crippen LogP contribution in [-0.4, -0.2) is 45.9 Å². The van der Waals surface area contributed by atoms with Crippen molar-refractivity contribution in [3.63, 3.8) is 0 Å². The molecule has 0 aliphatic heterocycles. The lowest BCUT2D eigenvalue weighted by Crippen LogP contribution is -2.38. The first-order chi connectivity index (χ1) is 15.9. The molecule has 2 heterocycles. The van der Waals surface area contributed by atoms with Crippen LogP contribution in [0.3, 0.4) is 0 Å². The summed E-state index contributed by atoms with van der Waals surface area (Å²) in [6.07, 6.45) is 2.76. The smallest absolute Gasteiger partial charge is 0.341 e. The minimum atomic E-state index is -0.383. The van der Waals surface area contributed by atoms with Gasteiger partial charge in [0.05, 0.1) is 36.2 Å². The fourth-order valence-electron chi connectivity index (χ4n) is 4.09. The zero-order chi connectivity index (χ0) is 23.5. The standard InChI is InChI=1S/C24H28N4O4S/c1-4-32-24(31)21-16-9-7-11-18(16)33-23(21)27-20(29)13-28(14(2)3)12-19-25-17-10-6-5-8-15(17)22(30)26-19/h5-6,8,10,14H,4,7,9,11-13H2,1-3H3,(H,27,29)(H,25,26,30). The molecule has 2 N–H and O–H groups in total. The van der Waals surface area contributed by atoms with Crippen molar-refractivity contribution in [3.05, 3.63) is 56.4 Å². The van der Waals surface area contributed by atoms with Crippen molar-refractivity contribution >= 4 is 39.1 Å². The van der Waals surface area contributed by atoms with Crippen molar-refractivity contribution in [2.24, 2.45) is 0 Å². The first kappa shape index (κ1) is 23.1. The van der Waals surface area contributed by atoms with Crippen LogP contribution in [0, 0.1) is 0 Å². The highest BCUT2D eigenvalue weighted by atomic mass is 32.1. The fraction of sp³-hybridized carbons (Fsp3) is 0.417. The molecule has 0 saturated heterocycles. The van der Waals surface area contributed by atoms with Crippen LogP contribution >= 0.6 is 11.3 Å². The first-order valence-electron chi connectivity index (χ1n) is 11.2. The summed E-state index contributed by atoms with van der Waals surface area (Å²) in [6.45, 7) is 6.44. The molecule has 0 unspecified atom stereocenters. The number of esters is 1. The quantitative estimate of drug-likeness (QED) is 0.491. The molecule has 9 heteroatoms.